The minimum absolute atomic E-state index is 0.510. The molecule has 2 heterocycles. The predicted octanol–water partition coefficient (Wildman–Crippen LogP) is 2.24. The minimum atomic E-state index is 0.510. The molecule has 0 bridgehead atoms. The normalized spacial score (nSPS) is 23.1. The van der Waals surface area contributed by atoms with Crippen molar-refractivity contribution in [2.45, 2.75) is 57.2 Å². The van der Waals surface area contributed by atoms with Gasteiger partial charge in [-0.15, -0.1) is 0 Å². The quantitative estimate of drug-likeness (QED) is 0.512. The van der Waals surface area contributed by atoms with E-state index in [0.29, 0.717) is 6.04 Å². The number of likely N-dealkylation sites (tertiary alicyclic amines) is 1. The second-order valence-electron chi connectivity index (χ2n) is 9.06. The van der Waals surface area contributed by atoms with Crippen molar-refractivity contribution in [3.8, 4) is 11.5 Å². The van der Waals surface area contributed by atoms with E-state index in [9.17, 15) is 0 Å². The first-order valence-corrected chi connectivity index (χ1v) is 11.9. The lowest BCUT2D eigenvalue weighted by Crippen LogP contribution is -2.47. The van der Waals surface area contributed by atoms with Crippen LogP contribution in [0.2, 0.25) is 0 Å². The van der Waals surface area contributed by atoms with E-state index >= 15 is 0 Å². The Bertz CT molecular complexity index is 763. The number of rotatable bonds is 7. The lowest BCUT2D eigenvalue weighted by Gasteiger charge is -2.30. The van der Waals surface area contributed by atoms with Crippen LogP contribution in [0.1, 0.15) is 43.2 Å². The Kier molecular flexibility index (Phi) is 7.56. The summed E-state index contributed by atoms with van der Waals surface area (Å²) < 4.78 is 10.9. The average Bonchev–Trinajstić information content (AvgIpc) is 3.49. The van der Waals surface area contributed by atoms with Crippen molar-refractivity contribution in [3.05, 3.63) is 23.3 Å². The van der Waals surface area contributed by atoms with Gasteiger partial charge in [0.25, 0.3) is 0 Å². The van der Waals surface area contributed by atoms with Gasteiger partial charge < -0.3 is 20.1 Å². The van der Waals surface area contributed by atoms with Crippen molar-refractivity contribution in [2.75, 3.05) is 54.0 Å². The van der Waals surface area contributed by atoms with Crippen LogP contribution in [0.5, 0.6) is 11.5 Å². The highest BCUT2D eigenvalue weighted by Crippen LogP contribution is 2.33. The summed E-state index contributed by atoms with van der Waals surface area (Å²) in [5, 5.41) is 7.18. The Balaban J connectivity index is 1.22. The summed E-state index contributed by atoms with van der Waals surface area (Å²) in [6.45, 7) is 6.27. The monoisotopic (exact) mass is 429 g/mol. The average molecular weight is 430 g/mol. The van der Waals surface area contributed by atoms with Crippen molar-refractivity contribution < 1.29 is 9.47 Å². The third-order valence-electron chi connectivity index (χ3n) is 7.14. The molecule has 2 fully saturated rings. The maximum atomic E-state index is 5.48. The van der Waals surface area contributed by atoms with Gasteiger partial charge in [0.15, 0.2) is 17.5 Å². The van der Waals surface area contributed by atoms with Crippen LogP contribution in [0, 0.1) is 0 Å². The third kappa shape index (κ3) is 5.44. The number of benzene rings is 1. The molecule has 31 heavy (non-hydrogen) atoms. The number of nitrogens with zero attached hydrogens (tertiary/aromatic N) is 3. The fourth-order valence-corrected chi connectivity index (χ4v) is 5.36. The summed E-state index contributed by atoms with van der Waals surface area (Å²) in [5.41, 5.74) is 2.71. The van der Waals surface area contributed by atoms with Crippen LogP contribution in [0.3, 0.4) is 0 Å². The van der Waals surface area contributed by atoms with Gasteiger partial charge in [-0.1, -0.05) is 12.8 Å². The van der Waals surface area contributed by atoms with Crippen molar-refractivity contribution in [3.63, 3.8) is 0 Å². The van der Waals surface area contributed by atoms with Crippen LogP contribution in [0.15, 0.2) is 17.1 Å². The molecule has 0 amide bonds. The molecule has 1 atom stereocenters. The number of nitrogens with one attached hydrogen (secondary N) is 2. The third-order valence-corrected chi connectivity index (χ3v) is 7.14. The molecule has 0 aromatic heterocycles. The molecule has 4 rings (SSSR count). The van der Waals surface area contributed by atoms with E-state index in [2.05, 4.69) is 37.6 Å². The Morgan fingerprint density at radius 2 is 1.81 bits per heavy atom. The number of ether oxygens (including phenoxy) is 2. The van der Waals surface area contributed by atoms with Crippen molar-refractivity contribution in [2.24, 2.45) is 4.99 Å². The summed E-state index contributed by atoms with van der Waals surface area (Å²) in [6, 6.07) is 5.59. The van der Waals surface area contributed by atoms with Crippen molar-refractivity contribution >= 4 is 5.96 Å². The second kappa shape index (κ2) is 10.6. The fraction of sp³-hybridized carbons (Fsp3) is 0.708. The summed E-state index contributed by atoms with van der Waals surface area (Å²) in [4.78, 5) is 9.64. The largest absolute Gasteiger partial charge is 0.493 e. The minimum Gasteiger partial charge on any atom is -0.493 e. The fourth-order valence-electron chi connectivity index (χ4n) is 5.36. The predicted molar refractivity (Wildman–Crippen MR) is 125 cm³/mol. The van der Waals surface area contributed by atoms with E-state index in [0.717, 1.165) is 62.6 Å². The van der Waals surface area contributed by atoms with Crippen LogP contribution in [-0.2, 0) is 13.0 Å². The van der Waals surface area contributed by atoms with Gasteiger partial charge in [0.2, 0.25) is 0 Å². The van der Waals surface area contributed by atoms with E-state index < -0.39 is 0 Å². The zero-order chi connectivity index (χ0) is 21.6. The lowest BCUT2D eigenvalue weighted by molar-refractivity contribution is 0.242. The van der Waals surface area contributed by atoms with Crippen LogP contribution in [-0.4, -0.2) is 81.8 Å². The van der Waals surface area contributed by atoms with E-state index in [-0.39, 0.29) is 0 Å². The molecule has 1 aromatic rings. The highest BCUT2D eigenvalue weighted by atomic mass is 16.5. The molecule has 1 saturated carbocycles. The van der Waals surface area contributed by atoms with Crippen LogP contribution in [0.4, 0.5) is 0 Å². The van der Waals surface area contributed by atoms with Crippen LogP contribution >= 0.6 is 0 Å². The molecule has 1 saturated heterocycles. The number of hydrogen-bond donors (Lipinski definition) is 2. The Morgan fingerprint density at radius 1 is 1.06 bits per heavy atom. The Hall–Kier alpha value is -1.99. The molecule has 7 heteroatoms. The Labute approximate surface area is 187 Å². The lowest BCUT2D eigenvalue weighted by atomic mass is 9.99. The van der Waals surface area contributed by atoms with Gasteiger partial charge in [-0.25, -0.2) is 0 Å². The molecule has 1 unspecified atom stereocenters. The number of aliphatic imine (C=N–C) groups is 1. The maximum absolute atomic E-state index is 5.48. The van der Waals surface area contributed by atoms with E-state index in [4.69, 9.17) is 9.47 Å². The molecule has 0 radical (unpaired) electrons. The highest BCUT2D eigenvalue weighted by Gasteiger charge is 2.30. The molecule has 172 valence electrons. The molecular formula is C24H39N5O2. The van der Waals surface area contributed by atoms with E-state index in [1.165, 1.54) is 49.8 Å². The summed E-state index contributed by atoms with van der Waals surface area (Å²) >= 11 is 0. The number of hydrogen-bond acceptors (Lipinski definition) is 5. The molecule has 1 aromatic carbocycles. The van der Waals surface area contributed by atoms with Gasteiger partial charge in [-0.2, -0.15) is 0 Å². The van der Waals surface area contributed by atoms with Crippen LogP contribution in [0.25, 0.3) is 0 Å². The standard InChI is InChI=1S/C24H39N5O2/c1-25-24(27-20-9-12-29(17-20)21-6-4-5-7-21)26-10-13-28-11-8-18-14-22(30-2)23(31-3)15-19(18)16-28/h14-15,20-21H,4-13,16-17H2,1-3H3,(H2,25,26,27). The smallest absolute Gasteiger partial charge is 0.191 e. The number of guanidine groups is 1. The van der Waals surface area contributed by atoms with Crippen molar-refractivity contribution in [1.29, 1.82) is 0 Å². The molecule has 0 spiro atoms. The Morgan fingerprint density at radius 3 is 2.52 bits per heavy atom. The maximum Gasteiger partial charge on any atom is 0.191 e. The highest BCUT2D eigenvalue weighted by molar-refractivity contribution is 5.80. The van der Waals surface area contributed by atoms with Gasteiger partial charge in [0, 0.05) is 58.4 Å². The molecule has 2 N–H and O–H groups in total. The van der Waals surface area contributed by atoms with Gasteiger partial charge in [-0.3, -0.25) is 14.8 Å². The molecule has 7 nitrogen and oxygen atoms in total. The molecular weight excluding hydrogens is 390 g/mol. The van der Waals surface area contributed by atoms with Gasteiger partial charge in [-0.05, 0) is 48.9 Å². The van der Waals surface area contributed by atoms with Gasteiger partial charge in [0.05, 0.1) is 14.2 Å². The second-order valence-corrected chi connectivity index (χ2v) is 9.06. The van der Waals surface area contributed by atoms with E-state index in [1.54, 1.807) is 14.2 Å². The summed E-state index contributed by atoms with van der Waals surface area (Å²) in [7, 11) is 5.27. The molecule has 1 aliphatic carbocycles. The molecule has 3 aliphatic rings. The van der Waals surface area contributed by atoms with Crippen molar-refractivity contribution in [1.82, 2.24) is 20.4 Å². The number of fused-ring (bicyclic) bond motifs is 1. The number of methoxy groups -OCH3 is 2. The molecule has 2 aliphatic heterocycles. The zero-order valence-electron chi connectivity index (χ0n) is 19.5. The first-order valence-electron chi connectivity index (χ1n) is 11.9. The van der Waals surface area contributed by atoms with Gasteiger partial charge >= 0.3 is 0 Å². The zero-order valence-corrected chi connectivity index (χ0v) is 19.5. The van der Waals surface area contributed by atoms with Gasteiger partial charge in [0.1, 0.15) is 0 Å². The summed E-state index contributed by atoms with van der Waals surface area (Å²) in [6.07, 6.45) is 7.84. The first kappa shape index (κ1) is 22.2. The SMILES string of the molecule is CN=C(NCCN1CCc2cc(OC)c(OC)cc2C1)NC1CCN(C2CCCC2)C1. The summed E-state index contributed by atoms with van der Waals surface area (Å²) in [5.74, 6) is 2.57. The van der Waals surface area contributed by atoms with Crippen LogP contribution < -0.4 is 20.1 Å². The van der Waals surface area contributed by atoms with E-state index in [1.807, 2.05) is 7.05 Å². The topological polar surface area (TPSA) is 61.4 Å². The first-order chi connectivity index (χ1) is 15.2.